The molecular weight excluding hydrogens is 382 g/mol. The number of halogens is 1. The van der Waals surface area contributed by atoms with E-state index in [1.807, 2.05) is 0 Å². The Balaban J connectivity index is 1.58. The Morgan fingerprint density at radius 1 is 1.29 bits per heavy atom. The van der Waals surface area contributed by atoms with Crippen molar-refractivity contribution in [1.29, 1.82) is 0 Å². The van der Waals surface area contributed by atoms with E-state index in [9.17, 15) is 14.4 Å². The molecule has 1 N–H and O–H groups in total. The summed E-state index contributed by atoms with van der Waals surface area (Å²) in [7, 11) is 0. The maximum Gasteiger partial charge on any atom is 0.375 e. The predicted octanol–water partition coefficient (Wildman–Crippen LogP) is 4.00. The van der Waals surface area contributed by atoms with E-state index in [1.54, 1.807) is 6.07 Å². The molecule has 1 aromatic heterocycles. The summed E-state index contributed by atoms with van der Waals surface area (Å²) in [5.41, 5.74) is 1.17. The predicted molar refractivity (Wildman–Crippen MR) is 107 cm³/mol. The van der Waals surface area contributed by atoms with Crippen molar-refractivity contribution in [3.05, 3.63) is 56.9 Å². The molecule has 0 saturated carbocycles. The summed E-state index contributed by atoms with van der Waals surface area (Å²) in [5, 5.41) is 3.43. The fraction of sp³-hybridized carbons (Fsp3) is 0.381. The number of esters is 1. The molecule has 1 atom stereocenters. The smallest absolute Gasteiger partial charge is 0.375 e. The zero-order chi connectivity index (χ0) is 20.1. The Morgan fingerprint density at radius 3 is 2.86 bits per heavy atom. The van der Waals surface area contributed by atoms with Gasteiger partial charge in [0.25, 0.3) is 5.91 Å². The van der Waals surface area contributed by atoms with Crippen molar-refractivity contribution >= 4 is 34.4 Å². The first-order valence-electron chi connectivity index (χ1n) is 9.34. The van der Waals surface area contributed by atoms with Gasteiger partial charge in [-0.25, -0.2) is 4.79 Å². The van der Waals surface area contributed by atoms with Crippen LogP contribution in [-0.2, 0) is 9.53 Å². The number of hydrogen-bond acceptors (Lipinski definition) is 5. The molecule has 1 heterocycles. The van der Waals surface area contributed by atoms with Crippen LogP contribution in [0.3, 0.4) is 0 Å². The number of ether oxygens (including phenoxy) is 1. The molecule has 0 radical (unpaired) electrons. The zero-order valence-electron chi connectivity index (χ0n) is 15.6. The highest BCUT2D eigenvalue weighted by atomic mass is 35.5. The average Bonchev–Trinajstić information content (AvgIpc) is 2.69. The van der Waals surface area contributed by atoms with Gasteiger partial charge in [0.15, 0.2) is 11.5 Å². The summed E-state index contributed by atoms with van der Waals surface area (Å²) in [6, 6.07) is 5.57. The molecule has 1 aliphatic carbocycles. The number of carbonyl (C=O) groups is 2. The van der Waals surface area contributed by atoms with Crippen LogP contribution in [0.1, 0.15) is 49.6 Å². The summed E-state index contributed by atoms with van der Waals surface area (Å²) < 4.78 is 10.6. The highest BCUT2D eigenvalue weighted by molar-refractivity contribution is 6.31. The van der Waals surface area contributed by atoms with Crippen molar-refractivity contribution in [1.82, 2.24) is 5.32 Å². The first-order chi connectivity index (χ1) is 13.4. The standard InChI is InChI=1S/C21H22ClNO5/c1-13(20(25)23-10-9-14-5-3-2-4-6-14)27-21(26)19-12-17(24)16-11-15(22)7-8-18(16)28-19/h5,7-8,11-13H,2-4,6,9-10H2,1H3,(H,23,25)/t13-/m1/s1. The minimum Gasteiger partial charge on any atom is -0.449 e. The number of fused-ring (bicyclic) bond motifs is 1. The number of benzene rings is 1. The molecule has 2 aromatic rings. The second-order valence-electron chi connectivity index (χ2n) is 6.81. The van der Waals surface area contributed by atoms with Gasteiger partial charge < -0.3 is 14.5 Å². The summed E-state index contributed by atoms with van der Waals surface area (Å²) in [4.78, 5) is 36.6. The van der Waals surface area contributed by atoms with Crippen molar-refractivity contribution in [3.63, 3.8) is 0 Å². The quantitative estimate of drug-likeness (QED) is 0.582. The number of allylic oxidation sites excluding steroid dienone is 1. The molecule has 1 amide bonds. The van der Waals surface area contributed by atoms with Crippen molar-refractivity contribution in [2.75, 3.05) is 6.54 Å². The van der Waals surface area contributed by atoms with Gasteiger partial charge in [-0.1, -0.05) is 23.3 Å². The van der Waals surface area contributed by atoms with Gasteiger partial charge in [0.2, 0.25) is 5.76 Å². The van der Waals surface area contributed by atoms with Crippen molar-refractivity contribution in [2.24, 2.45) is 0 Å². The molecule has 0 spiro atoms. The van der Waals surface area contributed by atoms with Crippen LogP contribution in [0.15, 0.2) is 45.1 Å². The van der Waals surface area contributed by atoms with Gasteiger partial charge in [0.1, 0.15) is 5.58 Å². The van der Waals surface area contributed by atoms with Crippen LogP contribution >= 0.6 is 11.6 Å². The van der Waals surface area contributed by atoms with Gasteiger partial charge in [-0.15, -0.1) is 0 Å². The highest BCUT2D eigenvalue weighted by Gasteiger charge is 2.21. The van der Waals surface area contributed by atoms with E-state index in [2.05, 4.69) is 11.4 Å². The third kappa shape index (κ3) is 5.01. The van der Waals surface area contributed by atoms with Crippen molar-refractivity contribution in [2.45, 2.75) is 45.1 Å². The number of hydrogen-bond donors (Lipinski definition) is 1. The van der Waals surface area contributed by atoms with Crippen LogP contribution in [-0.4, -0.2) is 24.5 Å². The van der Waals surface area contributed by atoms with E-state index in [4.69, 9.17) is 20.8 Å². The largest absolute Gasteiger partial charge is 0.449 e. The van der Waals surface area contributed by atoms with E-state index < -0.39 is 17.5 Å². The number of amides is 1. The fourth-order valence-electron chi connectivity index (χ4n) is 3.12. The lowest BCUT2D eigenvalue weighted by molar-refractivity contribution is -0.129. The lowest BCUT2D eigenvalue weighted by Gasteiger charge is -2.15. The number of nitrogens with one attached hydrogen (secondary N) is 1. The molecule has 28 heavy (non-hydrogen) atoms. The Morgan fingerprint density at radius 2 is 2.11 bits per heavy atom. The Labute approximate surface area is 167 Å². The van der Waals surface area contributed by atoms with E-state index in [0.717, 1.165) is 25.3 Å². The van der Waals surface area contributed by atoms with Gasteiger partial charge in [0.05, 0.1) is 5.39 Å². The molecule has 0 fully saturated rings. The van der Waals surface area contributed by atoms with Gasteiger partial charge in [-0.2, -0.15) is 0 Å². The van der Waals surface area contributed by atoms with E-state index in [-0.39, 0.29) is 22.6 Å². The SMILES string of the molecule is C[C@@H](OC(=O)c1cc(=O)c2cc(Cl)ccc2o1)C(=O)NCCC1=CCCCC1. The average molecular weight is 404 g/mol. The molecule has 0 aliphatic heterocycles. The van der Waals surface area contributed by atoms with Crippen LogP contribution in [0.5, 0.6) is 0 Å². The van der Waals surface area contributed by atoms with Crippen LogP contribution in [0.2, 0.25) is 5.02 Å². The van der Waals surface area contributed by atoms with E-state index >= 15 is 0 Å². The minimum absolute atomic E-state index is 0.224. The van der Waals surface area contributed by atoms with Gasteiger partial charge in [0, 0.05) is 17.6 Å². The number of carbonyl (C=O) groups excluding carboxylic acids is 2. The van der Waals surface area contributed by atoms with Crippen LogP contribution < -0.4 is 10.7 Å². The molecule has 7 heteroatoms. The topological polar surface area (TPSA) is 85.6 Å². The highest BCUT2D eigenvalue weighted by Crippen LogP contribution is 2.20. The van der Waals surface area contributed by atoms with E-state index in [1.165, 1.54) is 37.5 Å². The minimum atomic E-state index is -1.00. The Kier molecular flexibility index (Phi) is 6.52. The second-order valence-corrected chi connectivity index (χ2v) is 7.25. The molecule has 148 valence electrons. The first kappa shape index (κ1) is 20.1. The first-order valence-corrected chi connectivity index (χ1v) is 9.72. The van der Waals surface area contributed by atoms with Crippen LogP contribution in [0.4, 0.5) is 0 Å². The van der Waals surface area contributed by atoms with Crippen LogP contribution in [0.25, 0.3) is 11.0 Å². The van der Waals surface area contributed by atoms with Crippen LogP contribution in [0, 0.1) is 0 Å². The zero-order valence-corrected chi connectivity index (χ0v) is 16.4. The molecule has 1 aromatic carbocycles. The lowest BCUT2D eigenvalue weighted by atomic mass is 9.97. The third-order valence-electron chi connectivity index (χ3n) is 4.67. The number of rotatable bonds is 6. The van der Waals surface area contributed by atoms with Crippen molar-refractivity contribution < 1.29 is 18.7 Å². The monoisotopic (exact) mass is 403 g/mol. The molecule has 0 bridgehead atoms. The summed E-state index contributed by atoms with van der Waals surface area (Å²) in [5.74, 6) is -1.52. The summed E-state index contributed by atoms with van der Waals surface area (Å²) in [6.07, 6.45) is 6.62. The summed E-state index contributed by atoms with van der Waals surface area (Å²) in [6.45, 7) is 1.98. The van der Waals surface area contributed by atoms with Gasteiger partial charge in [-0.3, -0.25) is 9.59 Å². The summed E-state index contributed by atoms with van der Waals surface area (Å²) >= 11 is 5.87. The normalized spacial score (nSPS) is 15.0. The lowest BCUT2D eigenvalue weighted by Crippen LogP contribution is -2.36. The molecule has 3 rings (SSSR count). The van der Waals surface area contributed by atoms with Crippen molar-refractivity contribution in [3.8, 4) is 0 Å². The third-order valence-corrected chi connectivity index (χ3v) is 4.91. The van der Waals surface area contributed by atoms with Gasteiger partial charge >= 0.3 is 5.97 Å². The second kappa shape index (κ2) is 9.06. The molecule has 0 unspecified atom stereocenters. The molecule has 1 aliphatic rings. The maximum absolute atomic E-state index is 12.3. The fourth-order valence-corrected chi connectivity index (χ4v) is 3.30. The Hall–Kier alpha value is -2.60. The van der Waals surface area contributed by atoms with Gasteiger partial charge in [-0.05, 0) is 57.2 Å². The molecule has 6 nitrogen and oxygen atoms in total. The van der Waals surface area contributed by atoms with E-state index in [0.29, 0.717) is 11.6 Å². The Bertz CT molecular complexity index is 978. The molecular formula is C21H22ClNO5. The maximum atomic E-state index is 12.3. The molecule has 0 saturated heterocycles.